The van der Waals surface area contributed by atoms with E-state index in [-0.39, 0.29) is 33.7 Å². The van der Waals surface area contributed by atoms with Crippen LogP contribution in [0.4, 0.5) is 24.0 Å². The molecule has 0 saturated heterocycles. The zero-order chi connectivity index (χ0) is 22.1. The van der Waals surface area contributed by atoms with Gasteiger partial charge >= 0.3 is 5.97 Å². The van der Waals surface area contributed by atoms with Crippen molar-refractivity contribution >= 4 is 46.0 Å². The molecule has 2 heterocycles. The van der Waals surface area contributed by atoms with E-state index in [1.54, 1.807) is 11.4 Å². The summed E-state index contributed by atoms with van der Waals surface area (Å²) in [5, 5.41) is 1.72. The summed E-state index contributed by atoms with van der Waals surface area (Å²) in [5.74, 6) is -3.90. The van der Waals surface area contributed by atoms with Crippen LogP contribution in [-0.4, -0.2) is 22.8 Å². The average molecular weight is 443 g/mol. The zero-order valence-corrected chi connectivity index (χ0v) is 16.6. The number of hydrogen-bond donors (Lipinski definition) is 0. The molecule has 0 atom stereocenters. The fraction of sp³-hybridized carbons (Fsp3) is 0.0476. The molecular formula is C21H12F3N3O3S. The molecule has 3 aromatic rings. The van der Waals surface area contributed by atoms with Gasteiger partial charge in [-0.05, 0) is 30.3 Å². The second-order valence-corrected chi connectivity index (χ2v) is 7.16. The predicted molar refractivity (Wildman–Crippen MR) is 108 cm³/mol. The number of halogens is 3. The molecule has 0 bridgehead atoms. The maximum atomic E-state index is 14.2. The van der Waals surface area contributed by atoms with E-state index in [0.29, 0.717) is 6.07 Å². The molecule has 0 fully saturated rings. The number of aromatic nitrogens is 1. The number of cyclic esters (lactones) is 1. The van der Waals surface area contributed by atoms with Gasteiger partial charge in [0.25, 0.3) is 0 Å². The lowest BCUT2D eigenvalue weighted by Gasteiger charge is -2.18. The quantitative estimate of drug-likeness (QED) is 0.437. The molecule has 0 N–H and O–H groups in total. The van der Waals surface area contributed by atoms with E-state index in [1.807, 2.05) is 0 Å². The Morgan fingerprint density at radius 3 is 2.61 bits per heavy atom. The van der Waals surface area contributed by atoms with Crippen molar-refractivity contribution < 1.29 is 27.5 Å². The standard InChI is InChI=1S/C21H12F3N3O3S/c1-11(28)27(18-5-3-2-4-15(18)23)21-25-13(10-31-21)9-17-20(29)30-19(26-17)14-7-6-12(22)8-16(14)24/h2-10H,1H3/b17-9-. The molecule has 0 radical (unpaired) electrons. The highest BCUT2D eigenvalue weighted by molar-refractivity contribution is 7.14. The van der Waals surface area contributed by atoms with Crippen LogP contribution in [0.5, 0.6) is 0 Å². The third-order valence-electron chi connectivity index (χ3n) is 4.18. The third-order valence-corrected chi connectivity index (χ3v) is 5.02. The van der Waals surface area contributed by atoms with E-state index < -0.39 is 29.3 Å². The molecule has 0 aliphatic carbocycles. The number of carbonyl (C=O) groups excluding carboxylic acids is 2. The first kappa shape index (κ1) is 20.5. The van der Waals surface area contributed by atoms with Crippen molar-refractivity contribution in [1.82, 2.24) is 4.98 Å². The van der Waals surface area contributed by atoms with Crippen LogP contribution >= 0.6 is 11.3 Å². The SMILES string of the molecule is CC(=O)N(c1nc(/C=C2\N=C(c3ccc(F)cc3F)OC2=O)cs1)c1ccccc1F. The van der Waals surface area contributed by atoms with E-state index in [9.17, 15) is 22.8 Å². The fourth-order valence-electron chi connectivity index (χ4n) is 2.81. The molecule has 156 valence electrons. The first-order chi connectivity index (χ1) is 14.8. The molecule has 0 spiro atoms. The van der Waals surface area contributed by atoms with Crippen molar-refractivity contribution in [3.8, 4) is 0 Å². The molecule has 6 nitrogen and oxygen atoms in total. The molecule has 1 aromatic heterocycles. The summed E-state index contributed by atoms with van der Waals surface area (Å²) < 4.78 is 46.2. The van der Waals surface area contributed by atoms with Gasteiger partial charge in [0.2, 0.25) is 11.8 Å². The molecule has 10 heteroatoms. The number of rotatable bonds is 4. The summed E-state index contributed by atoms with van der Waals surface area (Å²) in [6.45, 7) is 1.27. The summed E-state index contributed by atoms with van der Waals surface area (Å²) in [4.78, 5) is 33.5. The highest BCUT2D eigenvalue weighted by Gasteiger charge is 2.27. The average Bonchev–Trinajstić information content (AvgIpc) is 3.30. The Balaban J connectivity index is 1.66. The number of nitrogens with zero attached hydrogens (tertiary/aromatic N) is 3. The monoisotopic (exact) mass is 443 g/mol. The van der Waals surface area contributed by atoms with E-state index in [4.69, 9.17) is 4.74 Å². The number of carbonyl (C=O) groups is 2. The summed E-state index contributed by atoms with van der Waals surface area (Å²) in [7, 11) is 0. The van der Waals surface area contributed by atoms with Gasteiger partial charge in [0.15, 0.2) is 10.8 Å². The maximum Gasteiger partial charge on any atom is 0.363 e. The predicted octanol–water partition coefficient (Wildman–Crippen LogP) is 4.59. The minimum absolute atomic E-state index is 0.0379. The highest BCUT2D eigenvalue weighted by Crippen LogP contribution is 2.31. The van der Waals surface area contributed by atoms with Crippen LogP contribution in [0, 0.1) is 17.5 Å². The smallest absolute Gasteiger partial charge is 0.363 e. The summed E-state index contributed by atoms with van der Waals surface area (Å²) in [6, 6.07) is 8.53. The maximum absolute atomic E-state index is 14.2. The van der Waals surface area contributed by atoms with Gasteiger partial charge < -0.3 is 4.74 Å². The number of benzene rings is 2. The number of ether oxygens (including phenoxy) is 1. The van der Waals surface area contributed by atoms with Gasteiger partial charge in [-0.3, -0.25) is 9.69 Å². The molecule has 0 saturated carbocycles. The van der Waals surface area contributed by atoms with E-state index in [2.05, 4.69) is 9.98 Å². The number of para-hydroxylation sites is 1. The summed E-state index contributed by atoms with van der Waals surface area (Å²) in [6.07, 6.45) is 1.29. The first-order valence-corrected chi connectivity index (χ1v) is 9.70. The Labute approximate surface area is 177 Å². The zero-order valence-electron chi connectivity index (χ0n) is 15.8. The summed E-state index contributed by atoms with van der Waals surface area (Å²) in [5.41, 5.74) is -0.0229. The lowest BCUT2D eigenvalue weighted by atomic mass is 10.2. The molecule has 0 unspecified atom stereocenters. The molecule has 4 rings (SSSR count). The van der Waals surface area contributed by atoms with Crippen LogP contribution in [-0.2, 0) is 14.3 Å². The second kappa shape index (κ2) is 8.15. The molecule has 1 aliphatic rings. The molecule has 31 heavy (non-hydrogen) atoms. The van der Waals surface area contributed by atoms with Crippen LogP contribution in [0.1, 0.15) is 18.2 Å². The number of aliphatic imine (C=N–C) groups is 1. The van der Waals surface area contributed by atoms with Crippen molar-refractivity contribution in [3.63, 3.8) is 0 Å². The summed E-state index contributed by atoms with van der Waals surface area (Å²) >= 11 is 1.06. The number of thiazole rings is 1. The number of amides is 1. The highest BCUT2D eigenvalue weighted by atomic mass is 32.1. The molecule has 1 amide bonds. The Kier molecular flexibility index (Phi) is 5.38. The van der Waals surface area contributed by atoms with Crippen molar-refractivity contribution in [1.29, 1.82) is 0 Å². The van der Waals surface area contributed by atoms with Gasteiger partial charge in [-0.2, -0.15) is 0 Å². The van der Waals surface area contributed by atoms with Crippen molar-refractivity contribution in [2.24, 2.45) is 4.99 Å². The van der Waals surface area contributed by atoms with Gasteiger partial charge in [0.05, 0.1) is 16.9 Å². The van der Waals surface area contributed by atoms with Crippen LogP contribution in [0.15, 0.2) is 58.5 Å². The lowest BCUT2D eigenvalue weighted by molar-refractivity contribution is -0.130. The van der Waals surface area contributed by atoms with Crippen LogP contribution < -0.4 is 4.90 Å². The van der Waals surface area contributed by atoms with Gasteiger partial charge in [-0.15, -0.1) is 11.3 Å². The Bertz CT molecular complexity index is 1270. The number of hydrogen-bond acceptors (Lipinski definition) is 6. The first-order valence-electron chi connectivity index (χ1n) is 8.82. The van der Waals surface area contributed by atoms with E-state index in [1.165, 1.54) is 31.2 Å². The lowest BCUT2D eigenvalue weighted by Crippen LogP contribution is -2.23. The number of anilines is 2. The van der Waals surface area contributed by atoms with Crippen LogP contribution in [0.2, 0.25) is 0 Å². The van der Waals surface area contributed by atoms with Gasteiger partial charge in [-0.25, -0.2) is 27.9 Å². The molecule has 2 aromatic carbocycles. The molecular weight excluding hydrogens is 431 g/mol. The largest absolute Gasteiger partial charge is 0.402 e. The fourth-order valence-corrected chi connectivity index (χ4v) is 3.65. The number of esters is 1. The van der Waals surface area contributed by atoms with Crippen molar-refractivity contribution in [3.05, 3.63) is 82.3 Å². The topological polar surface area (TPSA) is 71.9 Å². The Morgan fingerprint density at radius 1 is 1.13 bits per heavy atom. The minimum Gasteiger partial charge on any atom is -0.402 e. The van der Waals surface area contributed by atoms with Crippen molar-refractivity contribution in [2.45, 2.75) is 6.92 Å². The van der Waals surface area contributed by atoms with Crippen molar-refractivity contribution in [2.75, 3.05) is 4.90 Å². The van der Waals surface area contributed by atoms with E-state index in [0.717, 1.165) is 28.4 Å². The normalized spacial score (nSPS) is 14.5. The van der Waals surface area contributed by atoms with Gasteiger partial charge in [0.1, 0.15) is 17.5 Å². The Hall–Kier alpha value is -3.79. The van der Waals surface area contributed by atoms with Gasteiger partial charge in [0, 0.05) is 18.4 Å². The van der Waals surface area contributed by atoms with Crippen LogP contribution in [0.25, 0.3) is 6.08 Å². The van der Waals surface area contributed by atoms with E-state index >= 15 is 0 Å². The molecule has 1 aliphatic heterocycles. The second-order valence-electron chi connectivity index (χ2n) is 6.32. The van der Waals surface area contributed by atoms with Gasteiger partial charge in [-0.1, -0.05) is 12.1 Å². The van der Waals surface area contributed by atoms with Crippen LogP contribution in [0.3, 0.4) is 0 Å². The minimum atomic E-state index is -0.925. The Morgan fingerprint density at radius 2 is 1.90 bits per heavy atom. The third kappa shape index (κ3) is 4.10.